The van der Waals surface area contributed by atoms with Crippen LogP contribution in [-0.4, -0.2) is 55.5 Å². The molecule has 0 spiro atoms. The third kappa shape index (κ3) is 6.26. The molecule has 4 aromatic rings. The van der Waals surface area contributed by atoms with Crippen LogP contribution < -0.4 is 0 Å². The number of aliphatic hydroxyl groups excluding tert-OH is 1. The molecular formula is C33H33FN2O4. The zero-order valence-corrected chi connectivity index (χ0v) is 22.1. The zero-order valence-electron chi connectivity index (χ0n) is 22.1. The molecule has 3 N–H and O–H groups in total. The maximum absolute atomic E-state index is 16.3. The lowest BCUT2D eigenvalue weighted by Crippen LogP contribution is -2.68. The van der Waals surface area contributed by atoms with Gasteiger partial charge in [-0.3, -0.25) is 0 Å². The first-order chi connectivity index (χ1) is 19.4. The SMILES string of the molecule is O=C1N(Cc2cccc(O)c2)[C@@H]([C@@H](F)Cc2ccccc2)[C@H](O)[C@@H](Cc2ccccc2)N1Cc1cccc(O)c1. The molecule has 0 aromatic heterocycles. The number of amides is 2. The topological polar surface area (TPSA) is 84.2 Å². The van der Waals surface area contributed by atoms with Crippen LogP contribution in [0.4, 0.5) is 9.18 Å². The maximum Gasteiger partial charge on any atom is 0.321 e. The van der Waals surface area contributed by atoms with Crippen molar-refractivity contribution in [1.29, 1.82) is 0 Å². The van der Waals surface area contributed by atoms with Gasteiger partial charge in [-0.25, -0.2) is 9.18 Å². The number of aromatic hydroxyl groups is 2. The molecule has 1 saturated heterocycles. The van der Waals surface area contributed by atoms with Crippen molar-refractivity contribution in [3.63, 3.8) is 0 Å². The van der Waals surface area contributed by atoms with Crippen LogP contribution in [0, 0.1) is 0 Å². The summed E-state index contributed by atoms with van der Waals surface area (Å²) in [4.78, 5) is 17.2. The Balaban J connectivity index is 1.54. The second-order valence-corrected chi connectivity index (χ2v) is 10.3. The Morgan fingerprint density at radius 2 is 1.18 bits per heavy atom. The number of aliphatic hydroxyl groups is 1. The molecule has 0 radical (unpaired) electrons. The number of hydrogen-bond donors (Lipinski definition) is 3. The van der Waals surface area contributed by atoms with Gasteiger partial charge < -0.3 is 25.1 Å². The molecule has 1 aliphatic heterocycles. The number of carbonyl (C=O) groups excluding carboxylic acids is 1. The first-order valence-electron chi connectivity index (χ1n) is 13.4. The summed E-state index contributed by atoms with van der Waals surface area (Å²) >= 11 is 0. The van der Waals surface area contributed by atoms with E-state index in [0.29, 0.717) is 17.5 Å². The van der Waals surface area contributed by atoms with Gasteiger partial charge in [0.25, 0.3) is 0 Å². The summed E-state index contributed by atoms with van der Waals surface area (Å²) < 4.78 is 16.3. The van der Waals surface area contributed by atoms with E-state index in [0.717, 1.165) is 11.1 Å². The monoisotopic (exact) mass is 540 g/mol. The van der Waals surface area contributed by atoms with Crippen molar-refractivity contribution in [3.8, 4) is 11.5 Å². The molecule has 0 bridgehead atoms. The Bertz CT molecular complexity index is 1420. The normalized spacial score (nSPS) is 19.9. The number of urea groups is 1. The lowest BCUT2D eigenvalue weighted by Gasteiger charge is -2.50. The average molecular weight is 541 g/mol. The molecule has 0 unspecified atom stereocenters. The number of alkyl halides is 1. The van der Waals surface area contributed by atoms with Crippen molar-refractivity contribution < 1.29 is 24.5 Å². The molecule has 6 nitrogen and oxygen atoms in total. The van der Waals surface area contributed by atoms with Crippen LogP contribution in [0.1, 0.15) is 22.3 Å². The highest BCUT2D eigenvalue weighted by molar-refractivity contribution is 5.77. The van der Waals surface area contributed by atoms with Crippen LogP contribution in [0.15, 0.2) is 109 Å². The smallest absolute Gasteiger partial charge is 0.321 e. The van der Waals surface area contributed by atoms with E-state index < -0.39 is 30.4 Å². The van der Waals surface area contributed by atoms with Crippen molar-refractivity contribution >= 4 is 6.03 Å². The minimum atomic E-state index is -1.54. The summed E-state index contributed by atoms with van der Waals surface area (Å²) in [6.45, 7) is 0.138. The van der Waals surface area contributed by atoms with Crippen molar-refractivity contribution in [3.05, 3.63) is 131 Å². The van der Waals surface area contributed by atoms with Crippen LogP contribution in [0.3, 0.4) is 0 Å². The summed E-state index contributed by atoms with van der Waals surface area (Å²) in [5, 5.41) is 32.0. The lowest BCUT2D eigenvalue weighted by molar-refractivity contribution is -0.0670. The fraction of sp³-hybridized carbons (Fsp3) is 0.242. The Labute approximate surface area is 233 Å². The van der Waals surface area contributed by atoms with Crippen molar-refractivity contribution in [2.45, 2.75) is 50.3 Å². The molecule has 1 fully saturated rings. The Hall–Kier alpha value is -4.36. The van der Waals surface area contributed by atoms with Gasteiger partial charge in [-0.2, -0.15) is 0 Å². The first kappa shape index (κ1) is 27.2. The van der Waals surface area contributed by atoms with E-state index in [1.807, 2.05) is 60.7 Å². The van der Waals surface area contributed by atoms with E-state index in [2.05, 4.69) is 0 Å². The number of benzene rings is 4. The van der Waals surface area contributed by atoms with E-state index in [9.17, 15) is 20.1 Å². The highest BCUT2D eigenvalue weighted by atomic mass is 19.1. The summed E-state index contributed by atoms with van der Waals surface area (Å²) in [6.07, 6.45) is -2.39. The number of rotatable bonds is 9. The summed E-state index contributed by atoms with van der Waals surface area (Å²) in [5.74, 6) is 0.113. The van der Waals surface area contributed by atoms with Gasteiger partial charge in [0.2, 0.25) is 0 Å². The number of nitrogens with zero attached hydrogens (tertiary/aromatic N) is 2. The molecule has 2 amide bonds. The molecule has 0 saturated carbocycles. The van der Waals surface area contributed by atoms with Crippen LogP contribution in [0.25, 0.3) is 0 Å². The molecule has 1 heterocycles. The van der Waals surface area contributed by atoms with E-state index in [4.69, 9.17) is 0 Å². The van der Waals surface area contributed by atoms with E-state index in [1.165, 1.54) is 17.0 Å². The average Bonchev–Trinajstić information content (AvgIpc) is 2.94. The predicted octanol–water partition coefficient (Wildman–Crippen LogP) is 5.46. The van der Waals surface area contributed by atoms with Crippen LogP contribution in [0.2, 0.25) is 0 Å². The van der Waals surface area contributed by atoms with E-state index in [1.54, 1.807) is 41.3 Å². The Morgan fingerprint density at radius 1 is 0.675 bits per heavy atom. The minimum absolute atomic E-state index is 0.0127. The predicted molar refractivity (Wildman–Crippen MR) is 151 cm³/mol. The molecule has 40 heavy (non-hydrogen) atoms. The number of hydrogen-bond acceptors (Lipinski definition) is 4. The minimum Gasteiger partial charge on any atom is -0.508 e. The molecule has 0 aliphatic carbocycles. The van der Waals surface area contributed by atoms with Gasteiger partial charge in [-0.05, 0) is 52.9 Å². The van der Waals surface area contributed by atoms with Crippen LogP contribution in [0.5, 0.6) is 11.5 Å². The molecule has 4 aromatic carbocycles. The second kappa shape index (κ2) is 12.2. The van der Waals surface area contributed by atoms with E-state index in [-0.39, 0.29) is 31.0 Å². The van der Waals surface area contributed by atoms with Gasteiger partial charge in [0.1, 0.15) is 17.7 Å². The third-order valence-electron chi connectivity index (χ3n) is 7.45. The van der Waals surface area contributed by atoms with E-state index >= 15 is 4.39 Å². The number of halogens is 1. The third-order valence-corrected chi connectivity index (χ3v) is 7.45. The number of phenols is 2. The molecule has 206 valence electrons. The summed E-state index contributed by atoms with van der Waals surface area (Å²) in [5.41, 5.74) is 3.00. The molecule has 7 heteroatoms. The standard InChI is InChI=1S/C33H33FN2O4/c34-29(19-23-9-3-1-4-10-23)31-32(39)30(20-24-11-5-2-6-12-24)35(21-25-13-7-15-27(37)17-25)33(40)36(31)22-26-14-8-16-28(38)18-26/h1-18,29-32,37-39H,19-22H2/t29-,30+,31-,32+/m0/s1. The summed E-state index contributed by atoms with van der Waals surface area (Å²) in [7, 11) is 0. The van der Waals surface area contributed by atoms with Crippen LogP contribution in [-0.2, 0) is 25.9 Å². The highest BCUT2D eigenvalue weighted by Crippen LogP contribution is 2.33. The van der Waals surface area contributed by atoms with Gasteiger partial charge in [0.15, 0.2) is 0 Å². The highest BCUT2D eigenvalue weighted by Gasteiger charge is 2.49. The molecule has 1 aliphatic rings. The van der Waals surface area contributed by atoms with Gasteiger partial charge in [-0.1, -0.05) is 84.9 Å². The Morgan fingerprint density at radius 3 is 1.73 bits per heavy atom. The molecule has 5 rings (SSSR count). The fourth-order valence-electron chi connectivity index (χ4n) is 5.55. The molecular weight excluding hydrogens is 507 g/mol. The van der Waals surface area contributed by atoms with Gasteiger partial charge in [0.05, 0.1) is 18.2 Å². The zero-order chi connectivity index (χ0) is 28.1. The van der Waals surface area contributed by atoms with Gasteiger partial charge in [0, 0.05) is 19.5 Å². The quantitative estimate of drug-likeness (QED) is 0.263. The largest absolute Gasteiger partial charge is 0.508 e. The summed E-state index contributed by atoms with van der Waals surface area (Å²) in [6, 6.07) is 29.6. The van der Waals surface area contributed by atoms with Gasteiger partial charge in [-0.15, -0.1) is 0 Å². The number of phenolic OH excluding ortho intramolecular Hbond substituents is 2. The van der Waals surface area contributed by atoms with Crippen LogP contribution >= 0.6 is 0 Å². The Kier molecular flexibility index (Phi) is 8.31. The van der Waals surface area contributed by atoms with Crippen molar-refractivity contribution in [2.24, 2.45) is 0 Å². The van der Waals surface area contributed by atoms with Crippen molar-refractivity contribution in [2.75, 3.05) is 0 Å². The second-order valence-electron chi connectivity index (χ2n) is 10.3. The maximum atomic E-state index is 16.3. The van der Waals surface area contributed by atoms with Crippen molar-refractivity contribution in [1.82, 2.24) is 9.80 Å². The van der Waals surface area contributed by atoms with Gasteiger partial charge >= 0.3 is 6.03 Å². The fourth-order valence-corrected chi connectivity index (χ4v) is 5.55. The first-order valence-corrected chi connectivity index (χ1v) is 13.4. The lowest BCUT2D eigenvalue weighted by atomic mass is 9.87. The molecule has 4 atom stereocenters. The number of carbonyl (C=O) groups is 1.